The lowest BCUT2D eigenvalue weighted by molar-refractivity contribution is -0.145. The van der Waals surface area contributed by atoms with Crippen LogP contribution in [0, 0.1) is 0 Å². The summed E-state index contributed by atoms with van der Waals surface area (Å²) in [5, 5.41) is 16.8. The number of hydrogen-bond donors (Lipinski definition) is 2. The third-order valence-electron chi connectivity index (χ3n) is 3.63. The smallest absolute Gasteiger partial charge is 0.344 e. The van der Waals surface area contributed by atoms with E-state index in [4.69, 9.17) is 14.2 Å². The van der Waals surface area contributed by atoms with Crippen LogP contribution in [0.5, 0.6) is 11.5 Å². The number of aliphatic carboxylic acids is 1. The van der Waals surface area contributed by atoms with Crippen molar-refractivity contribution in [3.05, 3.63) is 34.5 Å². The summed E-state index contributed by atoms with van der Waals surface area (Å²) >= 11 is 0.956. The van der Waals surface area contributed by atoms with E-state index in [1.54, 1.807) is 25.1 Å². The lowest BCUT2D eigenvalue weighted by Gasteiger charge is -2.12. The highest BCUT2D eigenvalue weighted by atomic mass is 32.2. The van der Waals surface area contributed by atoms with Gasteiger partial charge in [0.2, 0.25) is 5.16 Å². The summed E-state index contributed by atoms with van der Waals surface area (Å²) in [5.41, 5.74) is 0.594. The first-order valence-electron chi connectivity index (χ1n) is 9.56. The van der Waals surface area contributed by atoms with E-state index in [0.717, 1.165) is 24.6 Å². The summed E-state index contributed by atoms with van der Waals surface area (Å²) in [6, 6.07) is 4.94. The number of hydrogen-bond acceptors (Lipinski definition) is 8. The minimum Gasteiger partial charge on any atom is -0.490 e. The monoisotopic (exact) mass is 435 g/mol. The van der Waals surface area contributed by atoms with Gasteiger partial charge in [0.15, 0.2) is 18.1 Å². The fraction of sp³-hybridized carbons (Fsp3) is 0.400. The van der Waals surface area contributed by atoms with Crippen LogP contribution in [0.2, 0.25) is 0 Å². The first-order chi connectivity index (χ1) is 14.5. The Morgan fingerprint density at radius 1 is 1.17 bits per heavy atom. The minimum absolute atomic E-state index is 0.0553. The highest BCUT2D eigenvalue weighted by Crippen LogP contribution is 2.31. The number of aromatic nitrogens is 3. The first-order valence-corrected chi connectivity index (χ1v) is 10.4. The highest BCUT2D eigenvalue weighted by molar-refractivity contribution is 8.04. The van der Waals surface area contributed by atoms with Gasteiger partial charge < -0.3 is 19.3 Å². The minimum atomic E-state index is -1.09. The standard InChI is InChI=1S/C20H25N3O6S/c1-4-7-17-21-20(23-22-17)30-16(19(25)26)11-13-8-9-14(15(10-13)27-5-2)29-12-18(24)28-6-3/h8-11H,4-7,12H2,1-3H3,(H,25,26)(H,21,22,23)/b16-11-. The SMILES string of the molecule is CCCc1nc(S/C(=C\c2ccc(OCC(=O)OCC)c(OCC)c2)C(=O)O)n[nH]1. The van der Waals surface area contributed by atoms with Crippen molar-refractivity contribution >= 4 is 29.8 Å². The molecule has 0 bridgehead atoms. The number of carbonyl (C=O) groups excluding carboxylic acids is 1. The number of nitrogens with zero attached hydrogens (tertiary/aromatic N) is 2. The van der Waals surface area contributed by atoms with Crippen LogP contribution in [-0.4, -0.2) is 52.0 Å². The summed E-state index contributed by atoms with van der Waals surface area (Å²) in [7, 11) is 0. The molecule has 2 N–H and O–H groups in total. The zero-order valence-electron chi connectivity index (χ0n) is 17.1. The van der Waals surface area contributed by atoms with Gasteiger partial charge in [0, 0.05) is 6.42 Å². The number of esters is 1. The molecule has 9 nitrogen and oxygen atoms in total. The molecule has 0 saturated heterocycles. The van der Waals surface area contributed by atoms with Crippen LogP contribution < -0.4 is 9.47 Å². The van der Waals surface area contributed by atoms with Crippen LogP contribution in [0.15, 0.2) is 28.3 Å². The Hall–Kier alpha value is -3.01. The fourth-order valence-corrected chi connectivity index (χ4v) is 3.12. The van der Waals surface area contributed by atoms with Crippen molar-refractivity contribution in [2.45, 2.75) is 38.8 Å². The average molecular weight is 436 g/mol. The largest absolute Gasteiger partial charge is 0.490 e. The molecule has 2 aromatic rings. The topological polar surface area (TPSA) is 124 Å². The maximum absolute atomic E-state index is 11.7. The molecule has 2 rings (SSSR count). The number of aromatic amines is 1. The third kappa shape index (κ3) is 7.11. The molecule has 0 aliphatic rings. The molecule has 0 aliphatic carbocycles. The van der Waals surface area contributed by atoms with Gasteiger partial charge in [0.25, 0.3) is 0 Å². The second-order valence-electron chi connectivity index (χ2n) is 5.96. The highest BCUT2D eigenvalue weighted by Gasteiger charge is 2.15. The molecule has 162 valence electrons. The summed E-state index contributed by atoms with van der Waals surface area (Å²) in [5.74, 6) is -0.102. The normalized spacial score (nSPS) is 11.2. The van der Waals surface area contributed by atoms with Gasteiger partial charge in [-0.05, 0) is 55.8 Å². The van der Waals surface area contributed by atoms with Crippen molar-refractivity contribution < 1.29 is 28.9 Å². The Morgan fingerprint density at radius 3 is 2.63 bits per heavy atom. The molecular weight excluding hydrogens is 410 g/mol. The summed E-state index contributed by atoms with van der Waals surface area (Å²) in [6.07, 6.45) is 3.15. The van der Waals surface area contributed by atoms with E-state index < -0.39 is 11.9 Å². The number of ether oxygens (including phenoxy) is 3. The number of aryl methyl sites for hydroxylation is 1. The van der Waals surface area contributed by atoms with Crippen LogP contribution in [-0.2, 0) is 20.7 Å². The van der Waals surface area contributed by atoms with Crippen molar-refractivity contribution in [1.82, 2.24) is 15.2 Å². The van der Waals surface area contributed by atoms with Crippen molar-refractivity contribution in [2.24, 2.45) is 0 Å². The molecule has 30 heavy (non-hydrogen) atoms. The van der Waals surface area contributed by atoms with E-state index in [-0.39, 0.29) is 18.1 Å². The van der Waals surface area contributed by atoms with Crippen LogP contribution >= 0.6 is 11.8 Å². The molecule has 0 spiro atoms. The number of nitrogens with one attached hydrogen (secondary N) is 1. The van der Waals surface area contributed by atoms with Gasteiger partial charge in [-0.2, -0.15) is 0 Å². The number of carbonyl (C=O) groups is 2. The second kappa shape index (κ2) is 11.9. The van der Waals surface area contributed by atoms with Crippen LogP contribution in [0.4, 0.5) is 0 Å². The third-order valence-corrected chi connectivity index (χ3v) is 4.50. The number of carboxylic acid groups (broad SMARTS) is 1. The van der Waals surface area contributed by atoms with E-state index in [1.165, 1.54) is 6.08 Å². The van der Waals surface area contributed by atoms with Gasteiger partial charge in [-0.15, -0.1) is 5.10 Å². The predicted molar refractivity (Wildman–Crippen MR) is 112 cm³/mol. The van der Waals surface area contributed by atoms with E-state index in [9.17, 15) is 14.7 Å². The summed E-state index contributed by atoms with van der Waals surface area (Å²) in [4.78, 5) is 27.5. The Labute approximate surface area is 178 Å². The molecule has 0 saturated carbocycles. The van der Waals surface area contributed by atoms with Crippen molar-refractivity contribution in [3.8, 4) is 11.5 Å². The lowest BCUT2D eigenvalue weighted by atomic mass is 10.2. The molecule has 0 atom stereocenters. The van der Waals surface area contributed by atoms with Crippen molar-refractivity contribution in [3.63, 3.8) is 0 Å². The number of benzene rings is 1. The maximum Gasteiger partial charge on any atom is 0.344 e. The molecule has 1 aromatic heterocycles. The Morgan fingerprint density at radius 2 is 1.97 bits per heavy atom. The average Bonchev–Trinajstić information content (AvgIpc) is 3.14. The zero-order valence-corrected chi connectivity index (χ0v) is 18.0. The lowest BCUT2D eigenvalue weighted by Crippen LogP contribution is -2.15. The second-order valence-corrected chi connectivity index (χ2v) is 6.97. The van der Waals surface area contributed by atoms with Crippen LogP contribution in [0.3, 0.4) is 0 Å². The number of thioether (sulfide) groups is 1. The van der Waals surface area contributed by atoms with Crippen LogP contribution in [0.1, 0.15) is 38.6 Å². The van der Waals surface area contributed by atoms with Crippen molar-refractivity contribution in [1.29, 1.82) is 0 Å². The van der Waals surface area contributed by atoms with Gasteiger partial charge in [-0.1, -0.05) is 13.0 Å². The van der Waals surface area contributed by atoms with E-state index in [2.05, 4.69) is 15.2 Å². The van der Waals surface area contributed by atoms with Gasteiger partial charge >= 0.3 is 11.9 Å². The first kappa shape index (κ1) is 23.3. The molecule has 0 unspecified atom stereocenters. The molecule has 0 amide bonds. The van der Waals surface area contributed by atoms with Gasteiger partial charge in [0.1, 0.15) is 10.7 Å². The predicted octanol–water partition coefficient (Wildman–Crippen LogP) is 3.32. The molecule has 0 fully saturated rings. The Balaban J connectivity index is 2.21. The molecule has 1 aromatic carbocycles. The molecule has 0 aliphatic heterocycles. The van der Waals surface area contributed by atoms with Crippen molar-refractivity contribution in [2.75, 3.05) is 19.8 Å². The molecular formula is C20H25N3O6S. The molecule has 1 heterocycles. The van der Waals surface area contributed by atoms with Gasteiger partial charge in [-0.25, -0.2) is 14.6 Å². The summed E-state index contributed by atoms with van der Waals surface area (Å²) < 4.78 is 15.9. The maximum atomic E-state index is 11.7. The summed E-state index contributed by atoms with van der Waals surface area (Å²) in [6.45, 7) is 5.95. The quantitative estimate of drug-likeness (QED) is 0.293. The Kier molecular flexibility index (Phi) is 9.20. The molecule has 0 radical (unpaired) electrons. The number of rotatable bonds is 12. The van der Waals surface area contributed by atoms with Gasteiger partial charge in [-0.3, -0.25) is 5.10 Å². The van der Waals surface area contributed by atoms with E-state index in [1.807, 2.05) is 13.8 Å². The number of carboxylic acids is 1. The van der Waals surface area contributed by atoms with Crippen LogP contribution in [0.25, 0.3) is 6.08 Å². The molecule has 10 heteroatoms. The van der Waals surface area contributed by atoms with E-state index in [0.29, 0.717) is 34.7 Å². The van der Waals surface area contributed by atoms with Gasteiger partial charge in [0.05, 0.1) is 13.2 Å². The zero-order chi connectivity index (χ0) is 21.9. The Bertz CT molecular complexity index is 896. The number of H-pyrrole nitrogens is 1. The fourth-order valence-electron chi connectivity index (χ4n) is 2.40. The van der Waals surface area contributed by atoms with E-state index >= 15 is 0 Å².